The molecule has 0 aliphatic rings. The summed E-state index contributed by atoms with van der Waals surface area (Å²) in [5.41, 5.74) is 2.68. The minimum Gasteiger partial charge on any atom is -0.481 e. The molecule has 0 aliphatic heterocycles. The number of carboxylic acid groups (broad SMARTS) is 1. The van der Waals surface area contributed by atoms with Crippen molar-refractivity contribution in [2.45, 2.75) is 32.1 Å². The molecule has 0 spiro atoms. The van der Waals surface area contributed by atoms with Gasteiger partial charge in [-0.2, -0.15) is 5.21 Å². The molecule has 2 atom stereocenters. The summed E-state index contributed by atoms with van der Waals surface area (Å²) >= 11 is 0. The zero-order valence-corrected chi connectivity index (χ0v) is 13.5. The van der Waals surface area contributed by atoms with Gasteiger partial charge in [0.25, 0.3) is 0 Å². The maximum atomic E-state index is 11.7. The Labute approximate surface area is 138 Å². The van der Waals surface area contributed by atoms with Crippen molar-refractivity contribution in [2.24, 2.45) is 13.0 Å². The largest absolute Gasteiger partial charge is 0.481 e. The first kappa shape index (κ1) is 16.0. The van der Waals surface area contributed by atoms with Crippen molar-refractivity contribution in [2.75, 3.05) is 0 Å². The normalized spacial score (nSPS) is 13.9. The van der Waals surface area contributed by atoms with Gasteiger partial charge in [-0.05, 0) is 30.5 Å². The van der Waals surface area contributed by atoms with Crippen LogP contribution >= 0.6 is 0 Å². The number of aromatic nitrogens is 7. The van der Waals surface area contributed by atoms with E-state index in [-0.39, 0.29) is 5.92 Å². The maximum absolute atomic E-state index is 11.7. The van der Waals surface area contributed by atoms with Gasteiger partial charge >= 0.3 is 5.97 Å². The number of hydrogen-bond acceptors (Lipinski definition) is 6. The van der Waals surface area contributed by atoms with Gasteiger partial charge in [-0.25, -0.2) is 4.68 Å². The molecule has 24 heavy (non-hydrogen) atoms. The number of tetrazole rings is 1. The second kappa shape index (κ2) is 6.73. The van der Waals surface area contributed by atoms with E-state index in [0.717, 1.165) is 23.0 Å². The summed E-state index contributed by atoms with van der Waals surface area (Å²) in [5, 5.41) is 31.8. The highest BCUT2D eigenvalue weighted by Gasteiger charge is 2.32. The van der Waals surface area contributed by atoms with Crippen molar-refractivity contribution >= 4 is 17.0 Å². The highest BCUT2D eigenvalue weighted by Crippen LogP contribution is 2.30. The molecule has 0 unspecified atom stereocenters. The number of fused-ring (bicyclic) bond motifs is 1. The minimum atomic E-state index is -0.841. The molecule has 0 bridgehead atoms. The van der Waals surface area contributed by atoms with Gasteiger partial charge in [-0.1, -0.05) is 29.8 Å². The van der Waals surface area contributed by atoms with E-state index in [1.54, 1.807) is 4.68 Å². The van der Waals surface area contributed by atoms with E-state index in [4.69, 9.17) is 0 Å². The molecule has 126 valence electrons. The van der Waals surface area contributed by atoms with Crippen LogP contribution in [-0.2, 0) is 18.3 Å². The van der Waals surface area contributed by atoms with Gasteiger partial charge in [0, 0.05) is 13.0 Å². The fourth-order valence-corrected chi connectivity index (χ4v) is 3.01. The van der Waals surface area contributed by atoms with Crippen LogP contribution < -0.4 is 0 Å². The molecule has 3 aromatic rings. The standard InChI is InChI=1S/C15H19N7O2/c1-3-4-10(15(23)24)11(14-17-19-20-18-14)7-9-5-6-13-12(8-9)16-21-22(13)2/h5-6,8,10-11H,3-4,7H2,1-2H3,(H,23,24)(H,17,18,19,20)/t10-,11-/m0/s1. The molecule has 3 rings (SSSR count). The maximum Gasteiger partial charge on any atom is 0.307 e. The number of aromatic amines is 1. The van der Waals surface area contributed by atoms with Crippen molar-refractivity contribution in [1.82, 2.24) is 35.6 Å². The smallest absolute Gasteiger partial charge is 0.307 e. The average Bonchev–Trinajstić information content (AvgIpc) is 3.21. The number of nitrogens with one attached hydrogen (secondary N) is 1. The number of nitrogens with zero attached hydrogens (tertiary/aromatic N) is 6. The minimum absolute atomic E-state index is 0.352. The highest BCUT2D eigenvalue weighted by molar-refractivity contribution is 5.75. The fraction of sp³-hybridized carbons (Fsp3) is 0.467. The number of carbonyl (C=O) groups is 1. The zero-order chi connectivity index (χ0) is 17.1. The van der Waals surface area contributed by atoms with Crippen LogP contribution in [0.5, 0.6) is 0 Å². The van der Waals surface area contributed by atoms with Gasteiger partial charge in [0.1, 0.15) is 5.52 Å². The Hall–Kier alpha value is -2.84. The third-order valence-electron chi connectivity index (χ3n) is 4.23. The van der Waals surface area contributed by atoms with Gasteiger partial charge < -0.3 is 5.11 Å². The first-order valence-corrected chi connectivity index (χ1v) is 7.84. The molecule has 9 heteroatoms. The Morgan fingerprint density at radius 2 is 2.21 bits per heavy atom. The predicted molar refractivity (Wildman–Crippen MR) is 85.2 cm³/mol. The lowest BCUT2D eigenvalue weighted by Crippen LogP contribution is -2.25. The Bertz CT molecular complexity index is 828. The van der Waals surface area contributed by atoms with Crippen LogP contribution in [0.25, 0.3) is 11.0 Å². The van der Waals surface area contributed by atoms with Crippen molar-refractivity contribution in [1.29, 1.82) is 0 Å². The van der Waals surface area contributed by atoms with Gasteiger partial charge in [0.05, 0.1) is 11.4 Å². The zero-order valence-electron chi connectivity index (χ0n) is 13.5. The Morgan fingerprint density at radius 1 is 1.38 bits per heavy atom. The number of H-pyrrole nitrogens is 1. The highest BCUT2D eigenvalue weighted by atomic mass is 16.4. The van der Waals surface area contributed by atoms with Gasteiger partial charge in [0.15, 0.2) is 5.82 Å². The van der Waals surface area contributed by atoms with Gasteiger partial charge in [-0.15, -0.1) is 15.3 Å². The lowest BCUT2D eigenvalue weighted by molar-refractivity contribution is -0.142. The molecule has 2 N–H and O–H groups in total. The number of aliphatic carboxylic acids is 1. The van der Waals surface area contributed by atoms with Crippen LogP contribution in [0, 0.1) is 5.92 Å². The van der Waals surface area contributed by atoms with E-state index < -0.39 is 11.9 Å². The summed E-state index contributed by atoms with van der Waals surface area (Å²) in [5.74, 6) is -1.33. The van der Waals surface area contributed by atoms with E-state index in [9.17, 15) is 9.90 Å². The molecule has 0 amide bonds. The van der Waals surface area contributed by atoms with E-state index in [0.29, 0.717) is 18.7 Å². The monoisotopic (exact) mass is 329 g/mol. The molecule has 2 aromatic heterocycles. The summed E-state index contributed by atoms with van der Waals surface area (Å²) in [7, 11) is 1.83. The number of hydrogen-bond donors (Lipinski definition) is 2. The molecule has 0 radical (unpaired) electrons. The van der Waals surface area contributed by atoms with Crippen LogP contribution in [0.4, 0.5) is 0 Å². The van der Waals surface area contributed by atoms with E-state index >= 15 is 0 Å². The van der Waals surface area contributed by atoms with E-state index in [1.165, 1.54) is 0 Å². The Balaban J connectivity index is 1.94. The second-order valence-electron chi connectivity index (χ2n) is 5.85. The third-order valence-corrected chi connectivity index (χ3v) is 4.23. The first-order valence-electron chi connectivity index (χ1n) is 7.84. The molecule has 0 fully saturated rings. The van der Waals surface area contributed by atoms with Crippen molar-refractivity contribution in [3.63, 3.8) is 0 Å². The molecule has 0 saturated heterocycles. The van der Waals surface area contributed by atoms with Gasteiger partial charge in [0.2, 0.25) is 0 Å². The lowest BCUT2D eigenvalue weighted by atomic mass is 9.83. The van der Waals surface area contributed by atoms with E-state index in [1.807, 2.05) is 32.2 Å². The van der Waals surface area contributed by atoms with Gasteiger partial charge in [-0.3, -0.25) is 4.79 Å². The summed E-state index contributed by atoms with van der Waals surface area (Å²) < 4.78 is 1.70. The third kappa shape index (κ3) is 3.10. The first-order chi connectivity index (χ1) is 11.6. The molecular formula is C15H19N7O2. The summed E-state index contributed by atoms with van der Waals surface area (Å²) in [6, 6.07) is 5.83. The lowest BCUT2D eigenvalue weighted by Gasteiger charge is -2.21. The van der Waals surface area contributed by atoms with Crippen molar-refractivity contribution in [3.8, 4) is 0 Å². The molecule has 0 saturated carbocycles. The molecule has 2 heterocycles. The number of carboxylic acids is 1. The molecular weight excluding hydrogens is 310 g/mol. The number of aryl methyl sites for hydroxylation is 1. The SMILES string of the molecule is CCC[C@H](C(=O)O)[C@H](Cc1ccc2c(c1)nnn2C)c1nn[nH]n1. The topological polar surface area (TPSA) is 122 Å². The Morgan fingerprint density at radius 3 is 2.88 bits per heavy atom. The van der Waals surface area contributed by atoms with Crippen molar-refractivity contribution < 1.29 is 9.90 Å². The fourth-order valence-electron chi connectivity index (χ4n) is 3.01. The predicted octanol–water partition coefficient (Wildman–Crippen LogP) is 1.31. The van der Waals surface area contributed by atoms with E-state index in [2.05, 4.69) is 30.9 Å². The molecule has 9 nitrogen and oxygen atoms in total. The summed E-state index contributed by atoms with van der Waals surface area (Å²) in [6.07, 6.45) is 1.83. The average molecular weight is 329 g/mol. The summed E-state index contributed by atoms with van der Waals surface area (Å²) in [6.45, 7) is 1.97. The molecule has 0 aliphatic carbocycles. The number of benzene rings is 1. The van der Waals surface area contributed by atoms with Crippen LogP contribution in [0.2, 0.25) is 0 Å². The van der Waals surface area contributed by atoms with Crippen LogP contribution in [0.15, 0.2) is 18.2 Å². The second-order valence-corrected chi connectivity index (χ2v) is 5.85. The summed E-state index contributed by atoms with van der Waals surface area (Å²) in [4.78, 5) is 11.7. The van der Waals surface area contributed by atoms with Crippen LogP contribution in [-0.4, -0.2) is 46.7 Å². The number of rotatable bonds is 7. The quantitative estimate of drug-likeness (QED) is 0.670. The molecule has 1 aromatic carbocycles. The van der Waals surface area contributed by atoms with Crippen molar-refractivity contribution in [3.05, 3.63) is 29.6 Å². The van der Waals surface area contributed by atoms with Crippen LogP contribution in [0.3, 0.4) is 0 Å². The Kier molecular flexibility index (Phi) is 4.50. The van der Waals surface area contributed by atoms with Crippen LogP contribution in [0.1, 0.15) is 37.1 Å².